The number of halogens is 1. The van der Waals surface area contributed by atoms with Gasteiger partial charge in [0.15, 0.2) is 17.6 Å². The number of hydrogen-bond acceptors (Lipinski definition) is 4. The zero-order chi connectivity index (χ0) is 19.0. The molecule has 6 heteroatoms. The highest BCUT2D eigenvalue weighted by Crippen LogP contribution is 2.30. The van der Waals surface area contributed by atoms with Crippen LogP contribution in [0.5, 0.6) is 11.5 Å². The quantitative estimate of drug-likeness (QED) is 0.700. The van der Waals surface area contributed by atoms with Crippen molar-refractivity contribution in [2.24, 2.45) is 0 Å². The van der Waals surface area contributed by atoms with Gasteiger partial charge in [0.05, 0.1) is 7.05 Å². The smallest absolute Gasteiger partial charge is 0.336 e. The fraction of sp³-hybridized carbons (Fsp3) is 0.286. The molecule has 4 rings (SSSR count). The lowest BCUT2D eigenvalue weighted by molar-refractivity contribution is -0.896. The Labute approximate surface area is 162 Å². The van der Waals surface area contributed by atoms with Gasteiger partial charge >= 0.3 is 5.63 Å². The first kappa shape index (κ1) is 17.9. The van der Waals surface area contributed by atoms with E-state index in [1.54, 1.807) is 6.07 Å². The van der Waals surface area contributed by atoms with Gasteiger partial charge in [0.1, 0.15) is 25.3 Å². The maximum absolute atomic E-state index is 12.0. The Morgan fingerprint density at radius 3 is 2.78 bits per heavy atom. The molecule has 0 aliphatic carbocycles. The van der Waals surface area contributed by atoms with Gasteiger partial charge in [0.2, 0.25) is 0 Å². The van der Waals surface area contributed by atoms with E-state index in [1.807, 2.05) is 43.3 Å². The number of ether oxygens (including phenoxy) is 2. The van der Waals surface area contributed by atoms with Crippen LogP contribution in [0.2, 0.25) is 5.02 Å². The van der Waals surface area contributed by atoms with Crippen molar-refractivity contribution in [2.75, 3.05) is 20.2 Å². The first-order valence-electron chi connectivity index (χ1n) is 8.92. The van der Waals surface area contributed by atoms with Crippen molar-refractivity contribution in [3.8, 4) is 11.5 Å². The molecule has 0 spiro atoms. The molecule has 0 amide bonds. The number of likely N-dealkylation sites (N-methyl/N-ethyl adjacent to an activating group) is 1. The molecule has 3 aromatic rings. The number of rotatable bonds is 4. The Morgan fingerprint density at radius 1 is 1.19 bits per heavy atom. The summed E-state index contributed by atoms with van der Waals surface area (Å²) in [6.07, 6.45) is -0.0443. The highest BCUT2D eigenvalue weighted by atomic mass is 35.5. The molecule has 2 heterocycles. The van der Waals surface area contributed by atoms with Gasteiger partial charge in [-0.1, -0.05) is 23.7 Å². The van der Waals surface area contributed by atoms with Gasteiger partial charge in [-0.15, -0.1) is 0 Å². The molecule has 0 fully saturated rings. The second-order valence-corrected chi connectivity index (χ2v) is 7.43. The lowest BCUT2D eigenvalue weighted by atomic mass is 10.1. The van der Waals surface area contributed by atoms with Crippen LogP contribution in [0, 0.1) is 6.92 Å². The summed E-state index contributed by atoms with van der Waals surface area (Å²) in [7, 11) is 2.07. The monoisotopic (exact) mass is 386 g/mol. The molecule has 1 N–H and O–H groups in total. The van der Waals surface area contributed by atoms with Crippen molar-refractivity contribution < 1.29 is 18.8 Å². The molecule has 0 bridgehead atoms. The number of para-hydroxylation sites is 2. The number of fused-ring (bicyclic) bond motifs is 2. The second kappa shape index (κ2) is 7.25. The lowest BCUT2D eigenvalue weighted by Gasteiger charge is -2.28. The number of quaternary nitrogens is 1. The van der Waals surface area contributed by atoms with Gasteiger partial charge < -0.3 is 18.8 Å². The standard InChI is InChI=1S/C21H20ClNO4/c1-13-7-20-16(9-17(13)22)14(8-21(24)27-20)10-23(2)11-15-12-25-18-5-3-4-6-19(18)26-15/h3-9,15H,10-12H2,1-2H3/p+1/t15-/m0/s1. The highest BCUT2D eigenvalue weighted by molar-refractivity contribution is 6.32. The van der Waals surface area contributed by atoms with Crippen molar-refractivity contribution in [1.29, 1.82) is 0 Å². The molecule has 5 nitrogen and oxygen atoms in total. The van der Waals surface area contributed by atoms with Gasteiger partial charge in [-0.25, -0.2) is 4.79 Å². The van der Waals surface area contributed by atoms with Crippen molar-refractivity contribution in [3.05, 3.63) is 69.0 Å². The summed E-state index contributed by atoms with van der Waals surface area (Å²) >= 11 is 6.28. The summed E-state index contributed by atoms with van der Waals surface area (Å²) in [5.74, 6) is 1.55. The Kier molecular flexibility index (Phi) is 4.81. The minimum absolute atomic E-state index is 0.0443. The normalized spacial score (nSPS) is 17.1. The maximum Gasteiger partial charge on any atom is 0.336 e. The molecule has 140 valence electrons. The van der Waals surface area contributed by atoms with Gasteiger partial charge in [-0.2, -0.15) is 0 Å². The van der Waals surface area contributed by atoms with E-state index in [0.29, 0.717) is 23.8 Å². The topological polar surface area (TPSA) is 53.1 Å². The highest BCUT2D eigenvalue weighted by Gasteiger charge is 2.24. The van der Waals surface area contributed by atoms with E-state index in [4.69, 9.17) is 25.5 Å². The molecule has 0 radical (unpaired) electrons. The van der Waals surface area contributed by atoms with Crippen LogP contribution < -0.4 is 20.0 Å². The van der Waals surface area contributed by atoms with Crippen molar-refractivity contribution in [3.63, 3.8) is 0 Å². The Bertz CT molecular complexity index is 1050. The molecule has 1 aliphatic rings. The summed E-state index contributed by atoms with van der Waals surface area (Å²) in [6.45, 7) is 3.81. The largest absolute Gasteiger partial charge is 0.486 e. The average molecular weight is 387 g/mol. The van der Waals surface area contributed by atoms with E-state index in [2.05, 4.69) is 7.05 Å². The van der Waals surface area contributed by atoms with Crippen LogP contribution in [0.1, 0.15) is 11.1 Å². The molecule has 27 heavy (non-hydrogen) atoms. The Morgan fingerprint density at radius 2 is 1.96 bits per heavy atom. The van der Waals surface area contributed by atoms with Crippen LogP contribution in [-0.4, -0.2) is 26.3 Å². The summed E-state index contributed by atoms with van der Waals surface area (Å²) in [4.78, 5) is 13.2. The minimum Gasteiger partial charge on any atom is -0.486 e. The average Bonchev–Trinajstić information content (AvgIpc) is 2.63. The number of hydrogen-bond donors (Lipinski definition) is 1. The molecule has 1 aliphatic heterocycles. The predicted molar refractivity (Wildman–Crippen MR) is 104 cm³/mol. The summed E-state index contributed by atoms with van der Waals surface area (Å²) in [5, 5.41) is 1.53. The van der Waals surface area contributed by atoms with Gasteiger partial charge in [-0.05, 0) is 36.8 Å². The number of nitrogens with one attached hydrogen (secondary N) is 1. The van der Waals surface area contributed by atoms with Crippen molar-refractivity contribution in [1.82, 2.24) is 0 Å². The van der Waals surface area contributed by atoms with Crippen LogP contribution >= 0.6 is 11.6 Å². The summed E-state index contributed by atoms with van der Waals surface area (Å²) in [5.41, 5.74) is 2.02. The molecule has 0 saturated heterocycles. The van der Waals surface area contributed by atoms with Crippen LogP contribution in [0.3, 0.4) is 0 Å². The van der Waals surface area contributed by atoms with Crippen LogP contribution in [0.4, 0.5) is 0 Å². The van der Waals surface area contributed by atoms with Gasteiger partial charge in [0, 0.05) is 22.0 Å². The number of benzene rings is 2. The van der Waals surface area contributed by atoms with E-state index in [1.165, 1.54) is 4.90 Å². The maximum atomic E-state index is 12.0. The fourth-order valence-corrected chi connectivity index (χ4v) is 3.61. The third kappa shape index (κ3) is 3.80. The zero-order valence-corrected chi connectivity index (χ0v) is 16.0. The molecule has 2 atom stereocenters. The van der Waals surface area contributed by atoms with Crippen LogP contribution in [0.25, 0.3) is 11.0 Å². The van der Waals surface area contributed by atoms with E-state index in [9.17, 15) is 4.79 Å². The summed E-state index contributed by atoms with van der Waals surface area (Å²) < 4.78 is 17.2. The first-order chi connectivity index (χ1) is 13.0. The van der Waals surface area contributed by atoms with E-state index in [0.717, 1.165) is 34.6 Å². The van der Waals surface area contributed by atoms with Crippen molar-refractivity contribution >= 4 is 22.6 Å². The molecule has 1 aromatic heterocycles. The van der Waals surface area contributed by atoms with E-state index >= 15 is 0 Å². The first-order valence-corrected chi connectivity index (χ1v) is 9.30. The van der Waals surface area contributed by atoms with Crippen LogP contribution in [0.15, 0.2) is 51.7 Å². The summed E-state index contributed by atoms with van der Waals surface area (Å²) in [6, 6.07) is 12.9. The minimum atomic E-state index is -0.349. The molecular weight excluding hydrogens is 366 g/mol. The molecular formula is C21H21ClNO4+. The Balaban J connectivity index is 1.52. The van der Waals surface area contributed by atoms with E-state index < -0.39 is 0 Å². The Hall–Kier alpha value is -2.50. The molecule has 0 saturated carbocycles. The fourth-order valence-electron chi connectivity index (χ4n) is 3.44. The SMILES string of the molecule is Cc1cc2oc(=O)cc(C[NH+](C)C[C@H]3COc4ccccc4O3)c2cc1Cl. The van der Waals surface area contributed by atoms with Gasteiger partial charge in [0.25, 0.3) is 0 Å². The number of aryl methyl sites for hydroxylation is 1. The van der Waals surface area contributed by atoms with Crippen LogP contribution in [-0.2, 0) is 6.54 Å². The zero-order valence-electron chi connectivity index (χ0n) is 15.3. The third-order valence-electron chi connectivity index (χ3n) is 4.75. The molecule has 1 unspecified atom stereocenters. The lowest BCUT2D eigenvalue weighted by Crippen LogP contribution is -3.09. The van der Waals surface area contributed by atoms with Crippen molar-refractivity contribution in [2.45, 2.75) is 19.6 Å². The predicted octanol–water partition coefficient (Wildman–Crippen LogP) is 2.61. The second-order valence-electron chi connectivity index (χ2n) is 7.02. The van der Waals surface area contributed by atoms with E-state index in [-0.39, 0.29) is 11.7 Å². The third-order valence-corrected chi connectivity index (χ3v) is 5.15. The van der Waals surface area contributed by atoms with Gasteiger partial charge in [-0.3, -0.25) is 0 Å². The molecule has 2 aromatic carbocycles.